The predicted molar refractivity (Wildman–Crippen MR) is 155 cm³/mol. The summed E-state index contributed by atoms with van der Waals surface area (Å²) >= 11 is 0. The molecule has 6 rings (SSSR count). The quantitative estimate of drug-likeness (QED) is 0.250. The van der Waals surface area contributed by atoms with Crippen molar-refractivity contribution in [2.75, 3.05) is 6.61 Å². The second kappa shape index (κ2) is 11.9. The number of fused-ring (bicyclic) bond motifs is 1. The first-order valence-electron chi connectivity index (χ1n) is 14.1. The Hall–Kier alpha value is -3.36. The van der Waals surface area contributed by atoms with Crippen molar-refractivity contribution in [3.05, 3.63) is 144 Å². The average Bonchev–Trinajstić information content (AvgIpc) is 3.51. The minimum Gasteiger partial charge on any atom is -0.388 e. The van der Waals surface area contributed by atoms with Gasteiger partial charge in [0.05, 0.1) is 13.2 Å². The highest BCUT2D eigenvalue weighted by molar-refractivity contribution is 5.47. The Kier molecular flexibility index (Phi) is 8.04. The molecule has 0 aliphatic carbocycles. The smallest absolute Gasteiger partial charge is 0.187 e. The summed E-state index contributed by atoms with van der Waals surface area (Å²) in [5.41, 5.74) is 2.94. The summed E-state index contributed by atoms with van der Waals surface area (Å²) in [6, 6.07) is 40.2. The summed E-state index contributed by atoms with van der Waals surface area (Å²) in [5.74, 6) is -0.825. The van der Waals surface area contributed by atoms with Crippen LogP contribution in [0, 0.1) is 0 Å². The van der Waals surface area contributed by atoms with E-state index in [0.717, 1.165) is 22.3 Å². The molecule has 0 spiro atoms. The van der Waals surface area contributed by atoms with Gasteiger partial charge < -0.3 is 28.8 Å². The van der Waals surface area contributed by atoms with Gasteiger partial charge in [0.1, 0.15) is 30.0 Å². The summed E-state index contributed by atoms with van der Waals surface area (Å²) in [5, 5.41) is 11.6. The highest BCUT2D eigenvalue weighted by Crippen LogP contribution is 2.43. The molecule has 1 unspecified atom stereocenters. The molecule has 1 N–H and O–H groups in total. The van der Waals surface area contributed by atoms with Crippen molar-refractivity contribution < 1.29 is 28.8 Å². The van der Waals surface area contributed by atoms with Gasteiger partial charge in [-0.1, -0.05) is 121 Å². The van der Waals surface area contributed by atoms with E-state index >= 15 is 0 Å². The molecule has 2 saturated heterocycles. The number of benzene rings is 4. The van der Waals surface area contributed by atoms with Crippen LogP contribution in [-0.2, 0) is 35.9 Å². The Morgan fingerprint density at radius 1 is 0.707 bits per heavy atom. The van der Waals surface area contributed by atoms with Crippen molar-refractivity contribution in [1.29, 1.82) is 0 Å². The average molecular weight is 553 g/mol. The van der Waals surface area contributed by atoms with Crippen LogP contribution in [0.4, 0.5) is 0 Å². The minimum absolute atomic E-state index is 0.0121. The van der Waals surface area contributed by atoms with Gasteiger partial charge in [-0.3, -0.25) is 0 Å². The van der Waals surface area contributed by atoms with Gasteiger partial charge in [0.15, 0.2) is 12.1 Å². The third-order valence-electron chi connectivity index (χ3n) is 7.69. The van der Waals surface area contributed by atoms with Crippen LogP contribution in [0.5, 0.6) is 0 Å². The van der Waals surface area contributed by atoms with E-state index in [1.807, 2.05) is 98.8 Å². The van der Waals surface area contributed by atoms with Crippen molar-refractivity contribution >= 4 is 0 Å². The molecule has 2 heterocycles. The molecule has 2 fully saturated rings. The van der Waals surface area contributed by atoms with E-state index in [4.69, 9.17) is 23.7 Å². The molecule has 4 aromatic carbocycles. The summed E-state index contributed by atoms with van der Waals surface area (Å²) in [6.07, 6.45) is -3.40. The molecule has 0 radical (unpaired) electrons. The molecule has 0 amide bonds. The van der Waals surface area contributed by atoms with Gasteiger partial charge in [-0.05, 0) is 36.1 Å². The maximum absolute atomic E-state index is 11.6. The Labute approximate surface area is 241 Å². The number of hydrogen-bond donors (Lipinski definition) is 1. The first-order valence-corrected chi connectivity index (χ1v) is 14.1. The van der Waals surface area contributed by atoms with E-state index in [0.29, 0.717) is 6.61 Å². The van der Waals surface area contributed by atoms with Crippen LogP contribution >= 0.6 is 0 Å². The van der Waals surface area contributed by atoms with E-state index in [-0.39, 0.29) is 6.61 Å². The third kappa shape index (κ3) is 5.72. The molecule has 41 heavy (non-hydrogen) atoms. The van der Waals surface area contributed by atoms with E-state index in [2.05, 4.69) is 36.4 Å². The SMILES string of the molecule is CC1(C)OC2[C@@H](O1)[C@@H](OCc1ccccc1)O[C@@H]2[C@H](O)COC(c1ccccc1)(c1ccccc1)c1ccccc1. The zero-order valence-corrected chi connectivity index (χ0v) is 23.3. The fourth-order valence-corrected chi connectivity index (χ4v) is 5.86. The van der Waals surface area contributed by atoms with Crippen LogP contribution < -0.4 is 0 Å². The molecule has 6 nitrogen and oxygen atoms in total. The van der Waals surface area contributed by atoms with Gasteiger partial charge in [-0.2, -0.15) is 0 Å². The molecule has 2 aliphatic rings. The van der Waals surface area contributed by atoms with Gasteiger partial charge in [-0.15, -0.1) is 0 Å². The number of aliphatic hydroxyl groups excluding tert-OH is 1. The Morgan fingerprint density at radius 3 is 1.68 bits per heavy atom. The summed E-state index contributed by atoms with van der Waals surface area (Å²) in [6.45, 7) is 4.08. The molecule has 4 aromatic rings. The molecule has 0 saturated carbocycles. The lowest BCUT2D eigenvalue weighted by molar-refractivity contribution is -0.249. The first kappa shape index (κ1) is 27.8. The molecule has 6 heteroatoms. The maximum atomic E-state index is 11.6. The van der Waals surface area contributed by atoms with Crippen LogP contribution in [-0.4, -0.2) is 48.2 Å². The van der Waals surface area contributed by atoms with Crippen molar-refractivity contribution in [3.8, 4) is 0 Å². The summed E-state index contributed by atoms with van der Waals surface area (Å²) < 4.78 is 31.7. The Balaban J connectivity index is 1.28. The lowest BCUT2D eigenvalue weighted by atomic mass is 9.80. The van der Waals surface area contributed by atoms with Crippen molar-refractivity contribution in [1.82, 2.24) is 0 Å². The molecule has 2 aliphatic heterocycles. The summed E-state index contributed by atoms with van der Waals surface area (Å²) in [4.78, 5) is 0. The fraction of sp³-hybridized carbons (Fsp3) is 0.314. The van der Waals surface area contributed by atoms with Gasteiger partial charge >= 0.3 is 0 Å². The van der Waals surface area contributed by atoms with E-state index in [9.17, 15) is 5.11 Å². The fourth-order valence-electron chi connectivity index (χ4n) is 5.86. The van der Waals surface area contributed by atoms with Crippen molar-refractivity contribution in [3.63, 3.8) is 0 Å². The van der Waals surface area contributed by atoms with Crippen LogP contribution in [0.1, 0.15) is 36.1 Å². The number of ether oxygens (including phenoxy) is 5. The molecule has 0 bridgehead atoms. The second-order valence-electron chi connectivity index (χ2n) is 11.0. The van der Waals surface area contributed by atoms with E-state index in [1.165, 1.54) is 0 Å². The highest BCUT2D eigenvalue weighted by atomic mass is 16.8. The molecule has 0 aromatic heterocycles. The normalized spacial score (nSPS) is 24.2. The summed E-state index contributed by atoms with van der Waals surface area (Å²) in [7, 11) is 0. The standard InChI is InChI=1S/C35H36O6/c1-34(2)40-31-30(39-33(32(31)41-34)37-23-25-15-7-3-8-16-25)29(36)24-38-35(26-17-9-4-10-18-26,27-19-11-5-12-20-27)28-21-13-6-14-22-28/h3-22,29-33,36H,23-24H2,1-2H3/t29-,30-,31?,32-,33+/m1/s1. The zero-order chi connectivity index (χ0) is 28.3. The molecule has 212 valence electrons. The van der Waals surface area contributed by atoms with Crippen molar-refractivity contribution in [2.45, 2.75) is 62.5 Å². The highest BCUT2D eigenvalue weighted by Gasteiger charge is 2.58. The van der Waals surface area contributed by atoms with Crippen LogP contribution in [0.2, 0.25) is 0 Å². The Bertz CT molecular complexity index is 1280. The molecular weight excluding hydrogens is 516 g/mol. The van der Waals surface area contributed by atoms with Crippen LogP contribution in [0.15, 0.2) is 121 Å². The van der Waals surface area contributed by atoms with Gasteiger partial charge in [0.25, 0.3) is 0 Å². The largest absolute Gasteiger partial charge is 0.388 e. The van der Waals surface area contributed by atoms with Crippen LogP contribution in [0.25, 0.3) is 0 Å². The zero-order valence-electron chi connectivity index (χ0n) is 23.3. The van der Waals surface area contributed by atoms with Gasteiger partial charge in [0, 0.05) is 0 Å². The maximum Gasteiger partial charge on any atom is 0.187 e. The van der Waals surface area contributed by atoms with Crippen LogP contribution in [0.3, 0.4) is 0 Å². The minimum atomic E-state index is -1.01. The number of hydrogen-bond acceptors (Lipinski definition) is 6. The van der Waals surface area contributed by atoms with Crippen molar-refractivity contribution in [2.24, 2.45) is 0 Å². The lowest BCUT2D eigenvalue weighted by Crippen LogP contribution is -2.44. The predicted octanol–water partition coefficient (Wildman–Crippen LogP) is 5.82. The number of aliphatic hydroxyl groups is 1. The number of rotatable bonds is 10. The topological polar surface area (TPSA) is 66.4 Å². The third-order valence-corrected chi connectivity index (χ3v) is 7.69. The monoisotopic (exact) mass is 552 g/mol. The molecular formula is C35H36O6. The molecule has 5 atom stereocenters. The first-order chi connectivity index (χ1) is 20.0. The lowest BCUT2D eigenvalue weighted by Gasteiger charge is -2.37. The van der Waals surface area contributed by atoms with E-state index in [1.54, 1.807) is 0 Å². The van der Waals surface area contributed by atoms with E-state index < -0.39 is 42.1 Å². The Morgan fingerprint density at radius 2 is 1.17 bits per heavy atom. The van der Waals surface area contributed by atoms with Gasteiger partial charge in [0.2, 0.25) is 0 Å². The second-order valence-corrected chi connectivity index (χ2v) is 11.0. The van der Waals surface area contributed by atoms with Gasteiger partial charge in [-0.25, -0.2) is 0 Å².